The molecule has 0 saturated carbocycles. The van der Waals surface area contributed by atoms with Crippen LogP contribution in [-0.2, 0) is 14.3 Å². The minimum absolute atomic E-state index is 0.00185. The van der Waals surface area contributed by atoms with Gasteiger partial charge in [-0.25, -0.2) is 0 Å². The fourth-order valence-corrected chi connectivity index (χ4v) is 1.23. The summed E-state index contributed by atoms with van der Waals surface area (Å²) in [4.78, 5) is 10.3. The summed E-state index contributed by atoms with van der Waals surface area (Å²) in [6.07, 6.45) is 3.85. The van der Waals surface area contributed by atoms with Gasteiger partial charge in [0.25, 0.3) is 0 Å². The molecule has 0 spiro atoms. The molecule has 3 nitrogen and oxygen atoms in total. The van der Waals surface area contributed by atoms with E-state index in [0.29, 0.717) is 12.5 Å². The van der Waals surface area contributed by atoms with E-state index in [2.05, 4.69) is 0 Å². The van der Waals surface area contributed by atoms with Crippen molar-refractivity contribution < 1.29 is 14.3 Å². The summed E-state index contributed by atoms with van der Waals surface area (Å²) in [5, 5.41) is -0.452. The maximum absolute atomic E-state index is 10.3. The molecule has 0 unspecified atom stereocenters. The molecule has 0 amide bonds. The zero-order valence-corrected chi connectivity index (χ0v) is 10.4. The molecular formula is C10H18Cl2O3. The molecule has 0 aromatic heterocycles. The third-order valence-corrected chi connectivity index (χ3v) is 2.09. The third-order valence-electron chi connectivity index (χ3n) is 1.72. The lowest BCUT2D eigenvalue weighted by atomic mass is 10.3. The Labute approximate surface area is 101 Å². The highest BCUT2D eigenvalue weighted by Crippen LogP contribution is 1.96. The SMILES string of the molecule is O=C(Cl)COCCCCOCCCCCl. The van der Waals surface area contributed by atoms with Crippen LogP contribution in [0.15, 0.2) is 0 Å². The Morgan fingerprint density at radius 3 is 2.00 bits per heavy atom. The number of carbonyl (C=O) groups is 1. The van der Waals surface area contributed by atoms with E-state index < -0.39 is 5.24 Å². The van der Waals surface area contributed by atoms with Gasteiger partial charge in [0.2, 0.25) is 5.24 Å². The maximum atomic E-state index is 10.3. The molecule has 0 fully saturated rings. The number of rotatable bonds is 11. The molecule has 15 heavy (non-hydrogen) atoms. The highest BCUT2D eigenvalue weighted by Gasteiger charge is 1.95. The lowest BCUT2D eigenvalue weighted by Crippen LogP contribution is -2.04. The smallest absolute Gasteiger partial charge is 0.247 e. The average Bonchev–Trinajstić information content (AvgIpc) is 2.20. The summed E-state index contributed by atoms with van der Waals surface area (Å²) in [6.45, 7) is 2.07. The van der Waals surface area contributed by atoms with Crippen LogP contribution in [0.25, 0.3) is 0 Å². The molecule has 0 aliphatic rings. The molecule has 0 rings (SSSR count). The van der Waals surface area contributed by atoms with Crippen LogP contribution in [0.4, 0.5) is 0 Å². The highest BCUT2D eigenvalue weighted by molar-refractivity contribution is 6.63. The van der Waals surface area contributed by atoms with Crippen molar-refractivity contribution in [1.82, 2.24) is 0 Å². The van der Waals surface area contributed by atoms with E-state index in [4.69, 9.17) is 32.7 Å². The zero-order valence-electron chi connectivity index (χ0n) is 8.84. The average molecular weight is 257 g/mol. The fourth-order valence-electron chi connectivity index (χ4n) is 0.961. The molecule has 0 radical (unpaired) electrons. The second-order valence-electron chi connectivity index (χ2n) is 3.12. The first-order valence-electron chi connectivity index (χ1n) is 5.17. The van der Waals surface area contributed by atoms with Crippen LogP contribution in [0.5, 0.6) is 0 Å². The van der Waals surface area contributed by atoms with Crippen molar-refractivity contribution in [3.8, 4) is 0 Å². The van der Waals surface area contributed by atoms with Gasteiger partial charge in [0.1, 0.15) is 6.61 Å². The molecular weight excluding hydrogens is 239 g/mol. The van der Waals surface area contributed by atoms with Crippen molar-refractivity contribution in [2.75, 3.05) is 32.3 Å². The molecule has 0 bridgehead atoms. The second kappa shape index (κ2) is 12.2. The summed E-state index contributed by atoms with van der Waals surface area (Å²) in [5.74, 6) is 0.698. The van der Waals surface area contributed by atoms with Crippen LogP contribution in [0.1, 0.15) is 25.7 Å². The topological polar surface area (TPSA) is 35.5 Å². The molecule has 5 heteroatoms. The molecule has 0 aliphatic carbocycles. The van der Waals surface area contributed by atoms with Crippen LogP contribution in [-0.4, -0.2) is 37.5 Å². The van der Waals surface area contributed by atoms with Gasteiger partial charge in [0.15, 0.2) is 0 Å². The van der Waals surface area contributed by atoms with Crippen LogP contribution >= 0.6 is 23.2 Å². The quantitative estimate of drug-likeness (QED) is 0.324. The van der Waals surface area contributed by atoms with E-state index in [9.17, 15) is 4.79 Å². The van der Waals surface area contributed by atoms with E-state index in [1.54, 1.807) is 0 Å². The first-order chi connectivity index (χ1) is 7.27. The first-order valence-corrected chi connectivity index (χ1v) is 6.08. The minimum atomic E-state index is -0.452. The predicted molar refractivity (Wildman–Crippen MR) is 61.7 cm³/mol. The molecule has 0 saturated heterocycles. The number of halogens is 2. The highest BCUT2D eigenvalue weighted by atomic mass is 35.5. The number of hydrogen-bond acceptors (Lipinski definition) is 3. The monoisotopic (exact) mass is 256 g/mol. The third kappa shape index (κ3) is 14.2. The molecule has 90 valence electrons. The largest absolute Gasteiger partial charge is 0.381 e. The van der Waals surface area contributed by atoms with Crippen molar-refractivity contribution in [3.05, 3.63) is 0 Å². The predicted octanol–water partition coefficient (Wildman–Crippen LogP) is 2.58. The lowest BCUT2D eigenvalue weighted by molar-refractivity contribution is -0.115. The van der Waals surface area contributed by atoms with Gasteiger partial charge in [-0.05, 0) is 37.3 Å². The Morgan fingerprint density at radius 2 is 1.47 bits per heavy atom. The van der Waals surface area contributed by atoms with Gasteiger partial charge in [-0.2, -0.15) is 0 Å². The van der Waals surface area contributed by atoms with Crippen molar-refractivity contribution in [3.63, 3.8) is 0 Å². The fraction of sp³-hybridized carbons (Fsp3) is 0.900. The number of unbranched alkanes of at least 4 members (excludes halogenated alkanes) is 2. The first kappa shape index (κ1) is 15.2. The Bertz CT molecular complexity index is 154. The van der Waals surface area contributed by atoms with Crippen LogP contribution in [0.2, 0.25) is 0 Å². The van der Waals surface area contributed by atoms with Crippen LogP contribution < -0.4 is 0 Å². The summed E-state index contributed by atoms with van der Waals surface area (Å²) < 4.78 is 10.3. The number of carbonyl (C=O) groups excluding carboxylic acids is 1. The second-order valence-corrected chi connectivity index (χ2v) is 3.92. The molecule has 0 atom stereocenters. The summed E-state index contributed by atoms with van der Waals surface area (Å²) in [5.41, 5.74) is 0. The lowest BCUT2D eigenvalue weighted by Gasteiger charge is -2.03. The zero-order chi connectivity index (χ0) is 11.4. The van der Waals surface area contributed by atoms with E-state index in [1.165, 1.54) is 0 Å². The maximum Gasteiger partial charge on any atom is 0.247 e. The van der Waals surface area contributed by atoms with Gasteiger partial charge in [-0.3, -0.25) is 4.79 Å². The van der Waals surface area contributed by atoms with Crippen molar-refractivity contribution in [2.24, 2.45) is 0 Å². The van der Waals surface area contributed by atoms with Crippen molar-refractivity contribution >= 4 is 28.4 Å². The van der Waals surface area contributed by atoms with Gasteiger partial charge in [0, 0.05) is 25.7 Å². The number of alkyl halides is 1. The molecule has 0 N–H and O–H groups in total. The van der Waals surface area contributed by atoms with Gasteiger partial charge >= 0.3 is 0 Å². The Kier molecular flexibility index (Phi) is 12.4. The molecule has 0 aromatic rings. The standard InChI is InChI=1S/C10H18Cl2O3/c11-5-1-2-6-14-7-3-4-8-15-9-10(12)13/h1-9H2. The number of hydrogen-bond donors (Lipinski definition) is 0. The summed E-state index contributed by atoms with van der Waals surface area (Å²) in [6, 6.07) is 0. The minimum Gasteiger partial charge on any atom is -0.381 e. The Morgan fingerprint density at radius 1 is 0.933 bits per heavy atom. The molecule has 0 aliphatic heterocycles. The van der Waals surface area contributed by atoms with Gasteiger partial charge in [-0.15, -0.1) is 11.6 Å². The Balaban J connectivity index is 2.89. The van der Waals surface area contributed by atoms with Gasteiger partial charge in [0.05, 0.1) is 0 Å². The summed E-state index contributed by atoms with van der Waals surface area (Å²) in [7, 11) is 0. The molecule has 0 heterocycles. The molecule has 0 aromatic carbocycles. The van der Waals surface area contributed by atoms with Crippen molar-refractivity contribution in [1.29, 1.82) is 0 Å². The van der Waals surface area contributed by atoms with E-state index in [-0.39, 0.29) is 6.61 Å². The van der Waals surface area contributed by atoms with E-state index >= 15 is 0 Å². The number of ether oxygens (including phenoxy) is 2. The van der Waals surface area contributed by atoms with Gasteiger partial charge < -0.3 is 9.47 Å². The Hall–Kier alpha value is 0.170. The van der Waals surface area contributed by atoms with E-state index in [0.717, 1.165) is 38.9 Å². The summed E-state index contributed by atoms with van der Waals surface area (Å²) >= 11 is 10.6. The normalized spacial score (nSPS) is 10.5. The van der Waals surface area contributed by atoms with Crippen molar-refractivity contribution in [2.45, 2.75) is 25.7 Å². The van der Waals surface area contributed by atoms with Gasteiger partial charge in [-0.1, -0.05) is 0 Å². The van der Waals surface area contributed by atoms with Crippen LogP contribution in [0, 0.1) is 0 Å². The van der Waals surface area contributed by atoms with Crippen LogP contribution in [0.3, 0.4) is 0 Å². The van der Waals surface area contributed by atoms with E-state index in [1.807, 2.05) is 0 Å².